The number of nitrogens with two attached hydrogens (primary N) is 1. The number of rotatable bonds is 7. The molecule has 0 aliphatic carbocycles. The Hall–Kier alpha value is -1.22. The average molecular weight is 409 g/mol. The topological polar surface area (TPSA) is 78.1 Å². The molecular formula is C14H24IN3O3. The summed E-state index contributed by atoms with van der Waals surface area (Å²) in [6, 6.07) is 5.77. The van der Waals surface area contributed by atoms with Crippen LogP contribution in [0.5, 0.6) is 11.5 Å². The van der Waals surface area contributed by atoms with Crippen LogP contribution in [0.25, 0.3) is 0 Å². The summed E-state index contributed by atoms with van der Waals surface area (Å²) in [6.45, 7) is 2.95. The molecular weight excluding hydrogens is 385 g/mol. The van der Waals surface area contributed by atoms with Crippen molar-refractivity contribution in [2.45, 2.75) is 19.5 Å². The maximum atomic E-state index is 5.83. The first-order chi connectivity index (χ1) is 9.62. The number of benzene rings is 1. The molecule has 0 aliphatic rings. The summed E-state index contributed by atoms with van der Waals surface area (Å²) >= 11 is 0. The molecule has 1 atom stereocenters. The number of hydrogen-bond donors (Lipinski definition) is 2. The van der Waals surface area contributed by atoms with E-state index in [0.717, 1.165) is 5.56 Å². The van der Waals surface area contributed by atoms with Crippen LogP contribution in [-0.4, -0.2) is 39.9 Å². The van der Waals surface area contributed by atoms with E-state index in [4.69, 9.17) is 19.9 Å². The van der Waals surface area contributed by atoms with Crippen molar-refractivity contribution in [1.29, 1.82) is 0 Å². The molecule has 1 rings (SSSR count). The van der Waals surface area contributed by atoms with Gasteiger partial charge in [-0.3, -0.25) is 0 Å². The highest BCUT2D eigenvalue weighted by molar-refractivity contribution is 14.0. The summed E-state index contributed by atoms with van der Waals surface area (Å²) in [4.78, 5) is 4.29. The normalized spacial score (nSPS) is 12.3. The molecule has 0 bridgehead atoms. The van der Waals surface area contributed by atoms with Gasteiger partial charge in [0.1, 0.15) is 0 Å². The lowest BCUT2D eigenvalue weighted by Crippen LogP contribution is -2.40. The second-order valence-corrected chi connectivity index (χ2v) is 4.35. The van der Waals surface area contributed by atoms with Crippen LogP contribution in [0, 0.1) is 0 Å². The van der Waals surface area contributed by atoms with Gasteiger partial charge in [-0.25, -0.2) is 4.99 Å². The molecule has 0 heterocycles. The van der Waals surface area contributed by atoms with Crippen LogP contribution in [0.2, 0.25) is 0 Å². The summed E-state index contributed by atoms with van der Waals surface area (Å²) in [6.07, 6.45) is 0. The van der Waals surface area contributed by atoms with Crippen LogP contribution in [0.1, 0.15) is 12.5 Å². The summed E-state index contributed by atoms with van der Waals surface area (Å²) in [5, 5.41) is 3.05. The number of halogens is 1. The Morgan fingerprint density at radius 3 is 2.57 bits per heavy atom. The predicted octanol–water partition coefficient (Wildman–Crippen LogP) is 1.76. The number of nitrogens with zero attached hydrogens (tertiary/aromatic N) is 1. The van der Waals surface area contributed by atoms with Gasteiger partial charge in [0.15, 0.2) is 17.5 Å². The van der Waals surface area contributed by atoms with Gasteiger partial charge >= 0.3 is 0 Å². The molecule has 1 aromatic carbocycles. The van der Waals surface area contributed by atoms with Crippen LogP contribution in [0.4, 0.5) is 0 Å². The van der Waals surface area contributed by atoms with Gasteiger partial charge in [-0.05, 0) is 13.0 Å². The lowest BCUT2D eigenvalue weighted by atomic mass is 10.2. The van der Waals surface area contributed by atoms with Gasteiger partial charge in [0.25, 0.3) is 0 Å². The quantitative estimate of drug-likeness (QED) is 0.408. The zero-order chi connectivity index (χ0) is 15.0. The first-order valence-electron chi connectivity index (χ1n) is 6.37. The Kier molecular flexibility index (Phi) is 9.89. The van der Waals surface area contributed by atoms with Gasteiger partial charge in [0, 0.05) is 18.7 Å². The molecule has 0 radical (unpaired) electrons. The molecule has 0 fully saturated rings. The van der Waals surface area contributed by atoms with E-state index >= 15 is 0 Å². The lowest BCUT2D eigenvalue weighted by molar-refractivity contribution is 0.179. The van der Waals surface area contributed by atoms with Gasteiger partial charge in [-0.2, -0.15) is 0 Å². The number of para-hydroxylation sites is 1. The number of aliphatic imine (C=N–C) groups is 1. The first-order valence-corrected chi connectivity index (χ1v) is 6.37. The zero-order valence-corrected chi connectivity index (χ0v) is 15.2. The maximum absolute atomic E-state index is 5.83. The SMILES string of the molecule is COCC(C)NC(N)=NCc1cccc(OC)c1OC.I. The molecule has 0 saturated heterocycles. The van der Waals surface area contributed by atoms with Crippen LogP contribution in [0.15, 0.2) is 23.2 Å². The number of nitrogens with one attached hydrogen (secondary N) is 1. The maximum Gasteiger partial charge on any atom is 0.189 e. The molecule has 3 N–H and O–H groups in total. The molecule has 1 aromatic rings. The molecule has 1 unspecified atom stereocenters. The summed E-state index contributed by atoms with van der Waals surface area (Å²) in [7, 11) is 4.85. The highest BCUT2D eigenvalue weighted by atomic mass is 127. The first kappa shape index (κ1) is 19.8. The van der Waals surface area contributed by atoms with Gasteiger partial charge in [0.2, 0.25) is 0 Å². The van der Waals surface area contributed by atoms with Crippen LogP contribution in [0.3, 0.4) is 0 Å². The third-order valence-corrected chi connectivity index (χ3v) is 2.72. The van der Waals surface area contributed by atoms with Crippen molar-refractivity contribution in [1.82, 2.24) is 5.32 Å². The molecule has 6 nitrogen and oxygen atoms in total. The van der Waals surface area contributed by atoms with E-state index < -0.39 is 0 Å². The van der Waals surface area contributed by atoms with Crippen molar-refractivity contribution in [2.75, 3.05) is 27.9 Å². The van der Waals surface area contributed by atoms with Crippen LogP contribution >= 0.6 is 24.0 Å². The average Bonchev–Trinajstić information content (AvgIpc) is 2.44. The highest BCUT2D eigenvalue weighted by Crippen LogP contribution is 2.30. The molecule has 7 heteroatoms. The Balaban J connectivity index is 0.00000400. The number of methoxy groups -OCH3 is 3. The van der Waals surface area contributed by atoms with Gasteiger partial charge in [0.05, 0.1) is 27.4 Å². The molecule has 21 heavy (non-hydrogen) atoms. The van der Waals surface area contributed by atoms with E-state index in [1.165, 1.54) is 0 Å². The van der Waals surface area contributed by atoms with Crippen molar-refractivity contribution >= 4 is 29.9 Å². The summed E-state index contributed by atoms with van der Waals surface area (Å²) < 4.78 is 15.6. The third-order valence-electron chi connectivity index (χ3n) is 2.72. The Bertz CT molecular complexity index is 455. The van der Waals surface area contributed by atoms with Gasteiger partial charge in [-0.1, -0.05) is 12.1 Å². The molecule has 0 amide bonds. The smallest absolute Gasteiger partial charge is 0.189 e. The fraction of sp³-hybridized carbons (Fsp3) is 0.500. The zero-order valence-electron chi connectivity index (χ0n) is 12.9. The molecule has 0 saturated carbocycles. The third kappa shape index (κ3) is 6.38. The fourth-order valence-electron chi connectivity index (χ4n) is 1.84. The Morgan fingerprint density at radius 2 is 2.00 bits per heavy atom. The summed E-state index contributed by atoms with van der Waals surface area (Å²) in [5.74, 6) is 1.73. The molecule has 0 spiro atoms. The second kappa shape index (κ2) is 10.5. The Labute approximate surface area is 143 Å². The van der Waals surface area contributed by atoms with Gasteiger partial charge < -0.3 is 25.3 Å². The van der Waals surface area contributed by atoms with E-state index in [9.17, 15) is 0 Å². The fourth-order valence-corrected chi connectivity index (χ4v) is 1.84. The van der Waals surface area contributed by atoms with Crippen molar-refractivity contribution in [2.24, 2.45) is 10.7 Å². The van der Waals surface area contributed by atoms with E-state index in [-0.39, 0.29) is 30.0 Å². The number of guanidine groups is 1. The lowest BCUT2D eigenvalue weighted by Gasteiger charge is -2.14. The standard InChI is InChI=1S/C14H23N3O3.HI/c1-10(9-18-2)17-14(15)16-8-11-6-5-7-12(19-3)13(11)20-4;/h5-7,10H,8-9H2,1-4H3,(H3,15,16,17);1H. The van der Waals surface area contributed by atoms with Crippen LogP contribution < -0.4 is 20.5 Å². The number of ether oxygens (including phenoxy) is 3. The molecule has 0 aliphatic heterocycles. The van der Waals surface area contributed by atoms with Crippen molar-refractivity contribution < 1.29 is 14.2 Å². The monoisotopic (exact) mass is 409 g/mol. The van der Waals surface area contributed by atoms with E-state index in [0.29, 0.717) is 30.6 Å². The highest BCUT2D eigenvalue weighted by Gasteiger charge is 2.09. The van der Waals surface area contributed by atoms with Crippen molar-refractivity contribution in [3.63, 3.8) is 0 Å². The number of hydrogen-bond acceptors (Lipinski definition) is 4. The minimum absolute atomic E-state index is 0. The second-order valence-electron chi connectivity index (χ2n) is 4.35. The Morgan fingerprint density at radius 1 is 1.29 bits per heavy atom. The minimum atomic E-state index is 0. The largest absolute Gasteiger partial charge is 0.493 e. The minimum Gasteiger partial charge on any atom is -0.493 e. The van der Waals surface area contributed by atoms with E-state index in [1.807, 2.05) is 25.1 Å². The van der Waals surface area contributed by atoms with Crippen molar-refractivity contribution in [3.8, 4) is 11.5 Å². The van der Waals surface area contributed by atoms with E-state index in [2.05, 4.69) is 10.3 Å². The predicted molar refractivity (Wildman–Crippen MR) is 94.8 cm³/mol. The van der Waals surface area contributed by atoms with Gasteiger partial charge in [-0.15, -0.1) is 24.0 Å². The summed E-state index contributed by atoms with van der Waals surface area (Å²) in [5.41, 5.74) is 6.74. The molecule has 0 aromatic heterocycles. The van der Waals surface area contributed by atoms with E-state index in [1.54, 1.807) is 21.3 Å². The molecule has 120 valence electrons. The van der Waals surface area contributed by atoms with Crippen molar-refractivity contribution in [3.05, 3.63) is 23.8 Å². The van der Waals surface area contributed by atoms with Crippen LogP contribution in [-0.2, 0) is 11.3 Å².